The lowest BCUT2D eigenvalue weighted by Crippen LogP contribution is -2.43. The number of nitrogens with one attached hydrogen (secondary N) is 2. The maximum absolute atomic E-state index is 12.2. The van der Waals surface area contributed by atoms with Crippen LogP contribution in [-0.2, 0) is 9.84 Å². The molecule has 25 heavy (non-hydrogen) atoms. The number of aliphatic hydroxyl groups excluding tert-OH is 1. The SMILES string of the molecule is CCNC(=NCC(O)CS(=O)(=O)c1cccs1)NC1CCC(SC)C1. The second-order valence-corrected chi connectivity index (χ2v) is 10.4. The highest BCUT2D eigenvalue weighted by molar-refractivity contribution is 7.99. The summed E-state index contributed by atoms with van der Waals surface area (Å²) in [6.45, 7) is 2.75. The first-order valence-electron chi connectivity index (χ1n) is 8.46. The van der Waals surface area contributed by atoms with E-state index < -0.39 is 15.9 Å². The van der Waals surface area contributed by atoms with E-state index in [1.165, 1.54) is 17.8 Å². The van der Waals surface area contributed by atoms with Crippen molar-refractivity contribution in [3.8, 4) is 0 Å². The Balaban J connectivity index is 1.89. The smallest absolute Gasteiger partial charge is 0.191 e. The second-order valence-electron chi connectivity index (χ2n) is 6.10. The number of hydrogen-bond donors (Lipinski definition) is 3. The van der Waals surface area contributed by atoms with Crippen LogP contribution in [0.25, 0.3) is 0 Å². The third-order valence-electron chi connectivity index (χ3n) is 4.08. The van der Waals surface area contributed by atoms with Crippen molar-refractivity contribution >= 4 is 38.9 Å². The molecular weight excluding hydrogens is 378 g/mol. The quantitative estimate of drug-likeness (QED) is 0.451. The van der Waals surface area contributed by atoms with E-state index in [4.69, 9.17) is 0 Å². The first kappa shape index (κ1) is 20.5. The van der Waals surface area contributed by atoms with Crippen LogP contribution in [0, 0.1) is 0 Å². The molecule has 0 radical (unpaired) electrons. The molecule has 2 rings (SSSR count). The van der Waals surface area contributed by atoms with Crippen molar-refractivity contribution < 1.29 is 13.5 Å². The summed E-state index contributed by atoms with van der Waals surface area (Å²) < 4.78 is 24.7. The van der Waals surface area contributed by atoms with Gasteiger partial charge in [-0.25, -0.2) is 8.42 Å². The molecule has 1 aromatic heterocycles. The minimum atomic E-state index is -3.45. The maximum Gasteiger partial charge on any atom is 0.191 e. The summed E-state index contributed by atoms with van der Waals surface area (Å²) in [4.78, 5) is 4.37. The Morgan fingerprint density at radius 1 is 1.52 bits per heavy atom. The Morgan fingerprint density at radius 2 is 2.32 bits per heavy atom. The van der Waals surface area contributed by atoms with E-state index in [0.29, 0.717) is 23.8 Å². The summed E-state index contributed by atoms with van der Waals surface area (Å²) in [5, 5.41) is 19.1. The molecule has 0 saturated heterocycles. The van der Waals surface area contributed by atoms with E-state index in [2.05, 4.69) is 21.9 Å². The summed E-state index contributed by atoms with van der Waals surface area (Å²) in [7, 11) is -3.45. The van der Waals surface area contributed by atoms with Crippen molar-refractivity contribution in [2.75, 3.05) is 25.1 Å². The number of guanidine groups is 1. The molecule has 0 amide bonds. The molecule has 3 N–H and O–H groups in total. The maximum atomic E-state index is 12.2. The van der Waals surface area contributed by atoms with E-state index in [0.717, 1.165) is 12.8 Å². The van der Waals surface area contributed by atoms with E-state index in [-0.39, 0.29) is 16.5 Å². The van der Waals surface area contributed by atoms with Crippen molar-refractivity contribution in [1.29, 1.82) is 0 Å². The monoisotopic (exact) mass is 405 g/mol. The summed E-state index contributed by atoms with van der Waals surface area (Å²) >= 11 is 3.06. The fourth-order valence-corrected chi connectivity index (χ4v) is 6.09. The average Bonchev–Trinajstić information content (AvgIpc) is 3.24. The van der Waals surface area contributed by atoms with Crippen molar-refractivity contribution in [1.82, 2.24) is 10.6 Å². The molecule has 1 aliphatic carbocycles. The Hall–Kier alpha value is -0.770. The van der Waals surface area contributed by atoms with Gasteiger partial charge in [0, 0.05) is 17.8 Å². The average molecular weight is 406 g/mol. The topological polar surface area (TPSA) is 90.8 Å². The van der Waals surface area contributed by atoms with E-state index in [1.54, 1.807) is 17.5 Å². The van der Waals surface area contributed by atoms with Crippen LogP contribution in [-0.4, -0.2) is 62.0 Å². The molecule has 0 spiro atoms. The second kappa shape index (κ2) is 9.80. The number of aliphatic imine (C=N–C) groups is 1. The van der Waals surface area contributed by atoms with Gasteiger partial charge in [-0.15, -0.1) is 11.3 Å². The summed E-state index contributed by atoms with van der Waals surface area (Å²) in [6, 6.07) is 3.63. The lowest BCUT2D eigenvalue weighted by atomic mass is 10.2. The highest BCUT2D eigenvalue weighted by Crippen LogP contribution is 2.28. The van der Waals surface area contributed by atoms with Gasteiger partial charge in [0.25, 0.3) is 0 Å². The summed E-state index contributed by atoms with van der Waals surface area (Å²) in [6.07, 6.45) is 4.51. The van der Waals surface area contributed by atoms with Crippen molar-refractivity contribution in [2.45, 2.75) is 47.8 Å². The van der Waals surface area contributed by atoms with Crippen LogP contribution in [0.1, 0.15) is 26.2 Å². The van der Waals surface area contributed by atoms with E-state index >= 15 is 0 Å². The predicted octanol–water partition coefficient (Wildman–Crippen LogP) is 1.72. The number of sulfone groups is 1. The van der Waals surface area contributed by atoms with Crippen LogP contribution < -0.4 is 10.6 Å². The molecule has 1 saturated carbocycles. The van der Waals surface area contributed by atoms with Gasteiger partial charge in [-0.2, -0.15) is 11.8 Å². The molecule has 142 valence electrons. The fourth-order valence-electron chi connectivity index (χ4n) is 2.82. The van der Waals surface area contributed by atoms with Crippen LogP contribution in [0.4, 0.5) is 0 Å². The Kier molecular flexibility index (Phi) is 8.05. The number of nitrogens with zero attached hydrogens (tertiary/aromatic N) is 1. The van der Waals surface area contributed by atoms with Crippen molar-refractivity contribution in [3.05, 3.63) is 17.5 Å². The van der Waals surface area contributed by atoms with Gasteiger partial charge in [0.2, 0.25) is 0 Å². The molecule has 9 heteroatoms. The minimum absolute atomic E-state index is 0.0542. The summed E-state index contributed by atoms with van der Waals surface area (Å²) in [5.41, 5.74) is 0. The van der Waals surface area contributed by atoms with Crippen LogP contribution in [0.3, 0.4) is 0 Å². The zero-order chi connectivity index (χ0) is 18.3. The molecule has 0 aliphatic heterocycles. The van der Waals surface area contributed by atoms with Crippen LogP contribution in [0.2, 0.25) is 0 Å². The van der Waals surface area contributed by atoms with Gasteiger partial charge >= 0.3 is 0 Å². The number of rotatable bonds is 8. The van der Waals surface area contributed by atoms with Crippen molar-refractivity contribution in [3.63, 3.8) is 0 Å². The lowest BCUT2D eigenvalue weighted by molar-refractivity contribution is 0.206. The van der Waals surface area contributed by atoms with Gasteiger partial charge in [0.05, 0.1) is 18.4 Å². The van der Waals surface area contributed by atoms with E-state index in [1.807, 2.05) is 18.7 Å². The van der Waals surface area contributed by atoms with Crippen molar-refractivity contribution in [2.24, 2.45) is 4.99 Å². The highest BCUT2D eigenvalue weighted by atomic mass is 32.2. The standard InChI is InChI=1S/C16H27N3O3S3/c1-3-17-16(19-12-6-7-14(9-12)23-2)18-10-13(20)11-25(21,22)15-5-4-8-24-15/h4-5,8,12-14,20H,3,6-7,9-11H2,1-2H3,(H2,17,18,19). The molecule has 1 aliphatic rings. The van der Waals surface area contributed by atoms with Crippen LogP contribution in [0.15, 0.2) is 26.7 Å². The molecule has 1 heterocycles. The molecule has 6 nitrogen and oxygen atoms in total. The number of thioether (sulfide) groups is 1. The predicted molar refractivity (Wildman–Crippen MR) is 106 cm³/mol. The lowest BCUT2D eigenvalue weighted by Gasteiger charge is -2.18. The van der Waals surface area contributed by atoms with Gasteiger partial charge in [-0.05, 0) is 43.9 Å². The molecule has 1 fully saturated rings. The Labute approximate surface area is 158 Å². The third kappa shape index (κ3) is 6.47. The first-order valence-corrected chi connectivity index (χ1v) is 12.3. The molecule has 0 aromatic carbocycles. The van der Waals surface area contributed by atoms with E-state index in [9.17, 15) is 13.5 Å². The zero-order valence-corrected chi connectivity index (χ0v) is 17.1. The molecular formula is C16H27N3O3S3. The minimum Gasteiger partial charge on any atom is -0.390 e. The third-order valence-corrected chi connectivity index (χ3v) is 8.46. The fraction of sp³-hybridized carbons (Fsp3) is 0.688. The van der Waals surface area contributed by atoms with Gasteiger partial charge in [0.15, 0.2) is 15.8 Å². The Morgan fingerprint density at radius 3 is 2.92 bits per heavy atom. The first-order chi connectivity index (χ1) is 11.9. The molecule has 3 atom stereocenters. The van der Waals surface area contributed by atoms with Gasteiger partial charge in [-0.3, -0.25) is 4.99 Å². The zero-order valence-electron chi connectivity index (χ0n) is 14.6. The van der Waals surface area contributed by atoms with Crippen LogP contribution >= 0.6 is 23.1 Å². The number of thiophene rings is 1. The normalized spacial score (nSPS) is 22.8. The van der Waals surface area contributed by atoms with Gasteiger partial charge in [0.1, 0.15) is 4.21 Å². The number of aliphatic hydroxyl groups is 1. The molecule has 1 aromatic rings. The highest BCUT2D eigenvalue weighted by Gasteiger charge is 2.25. The number of hydrogen-bond acceptors (Lipinski definition) is 6. The van der Waals surface area contributed by atoms with Gasteiger partial charge < -0.3 is 15.7 Å². The van der Waals surface area contributed by atoms with Crippen LogP contribution in [0.5, 0.6) is 0 Å². The molecule has 0 bridgehead atoms. The molecule has 3 unspecified atom stereocenters. The largest absolute Gasteiger partial charge is 0.390 e. The summed E-state index contributed by atoms with van der Waals surface area (Å²) in [5.74, 6) is 0.329. The Bertz CT molecular complexity index is 647. The van der Waals surface area contributed by atoms with Gasteiger partial charge in [-0.1, -0.05) is 6.07 Å².